The third-order valence-electron chi connectivity index (χ3n) is 2.27. The molecule has 2 heterocycles. The van der Waals surface area contributed by atoms with E-state index in [0.717, 1.165) is 22.8 Å². The topological polar surface area (TPSA) is 47.0 Å². The molecule has 4 nitrogen and oxygen atoms in total. The summed E-state index contributed by atoms with van der Waals surface area (Å²) in [6.07, 6.45) is 0. The first-order chi connectivity index (χ1) is 8.29. The summed E-state index contributed by atoms with van der Waals surface area (Å²) in [7, 11) is 1.90. The smallest absolute Gasteiger partial charge is 0.142 e. The molecule has 0 aromatic carbocycles. The number of nitrogens with one attached hydrogen (secondary N) is 1. The molecular formula is C12H15N3OS. The first kappa shape index (κ1) is 12.0. The lowest BCUT2D eigenvalue weighted by atomic mass is 10.3. The van der Waals surface area contributed by atoms with Gasteiger partial charge in [-0.1, -0.05) is 0 Å². The van der Waals surface area contributed by atoms with E-state index in [9.17, 15) is 0 Å². The van der Waals surface area contributed by atoms with Gasteiger partial charge in [-0.15, -0.1) is 11.3 Å². The first-order valence-electron chi connectivity index (χ1n) is 5.40. The number of nitrogens with zero attached hydrogens (tertiary/aromatic N) is 2. The Morgan fingerprint density at radius 2 is 2.29 bits per heavy atom. The standard InChI is InChI=1S/C12H15N3OS/c1-9-3-4-12(11(15-9)5-13-2)16-6-10-7-17-8-14-10/h3-4,7-8,13H,5-6H2,1-2H3. The van der Waals surface area contributed by atoms with Crippen molar-refractivity contribution in [2.45, 2.75) is 20.1 Å². The number of aromatic nitrogens is 2. The van der Waals surface area contributed by atoms with Gasteiger partial charge in [0.05, 0.1) is 16.9 Å². The van der Waals surface area contributed by atoms with Gasteiger partial charge in [-0.3, -0.25) is 4.98 Å². The molecule has 0 aliphatic heterocycles. The van der Waals surface area contributed by atoms with Gasteiger partial charge in [0.25, 0.3) is 0 Å². The van der Waals surface area contributed by atoms with Crippen molar-refractivity contribution in [1.82, 2.24) is 15.3 Å². The Hall–Kier alpha value is -1.46. The lowest BCUT2D eigenvalue weighted by Crippen LogP contribution is -2.10. The average Bonchev–Trinajstić information content (AvgIpc) is 2.81. The molecule has 0 radical (unpaired) electrons. The van der Waals surface area contributed by atoms with E-state index in [1.165, 1.54) is 0 Å². The van der Waals surface area contributed by atoms with Crippen LogP contribution in [-0.4, -0.2) is 17.0 Å². The third kappa shape index (κ3) is 3.25. The monoisotopic (exact) mass is 249 g/mol. The molecule has 0 saturated carbocycles. The Labute approximate surface area is 105 Å². The van der Waals surface area contributed by atoms with E-state index in [0.29, 0.717) is 13.2 Å². The van der Waals surface area contributed by atoms with Gasteiger partial charge in [0.1, 0.15) is 12.4 Å². The van der Waals surface area contributed by atoms with Gasteiger partial charge in [0.15, 0.2) is 0 Å². The zero-order chi connectivity index (χ0) is 12.1. The number of ether oxygens (including phenoxy) is 1. The van der Waals surface area contributed by atoms with Crippen molar-refractivity contribution in [3.8, 4) is 5.75 Å². The average molecular weight is 249 g/mol. The summed E-state index contributed by atoms with van der Waals surface area (Å²) < 4.78 is 5.73. The number of thiazole rings is 1. The van der Waals surface area contributed by atoms with Crippen molar-refractivity contribution >= 4 is 11.3 Å². The van der Waals surface area contributed by atoms with Crippen LogP contribution < -0.4 is 10.1 Å². The highest BCUT2D eigenvalue weighted by Crippen LogP contribution is 2.18. The Morgan fingerprint density at radius 1 is 1.41 bits per heavy atom. The van der Waals surface area contributed by atoms with Gasteiger partial charge < -0.3 is 10.1 Å². The van der Waals surface area contributed by atoms with E-state index in [1.54, 1.807) is 16.8 Å². The van der Waals surface area contributed by atoms with E-state index in [-0.39, 0.29) is 0 Å². The van der Waals surface area contributed by atoms with Crippen LogP contribution in [0, 0.1) is 6.92 Å². The number of hydrogen-bond acceptors (Lipinski definition) is 5. The number of rotatable bonds is 5. The van der Waals surface area contributed by atoms with E-state index in [1.807, 2.05) is 31.5 Å². The molecule has 2 aromatic heterocycles. The maximum atomic E-state index is 5.73. The van der Waals surface area contributed by atoms with Crippen LogP contribution in [0.5, 0.6) is 5.75 Å². The lowest BCUT2D eigenvalue weighted by molar-refractivity contribution is 0.296. The second-order valence-corrected chi connectivity index (χ2v) is 4.41. The maximum Gasteiger partial charge on any atom is 0.142 e. The molecule has 2 aromatic rings. The summed E-state index contributed by atoms with van der Waals surface area (Å²) in [5.74, 6) is 0.818. The number of aryl methyl sites for hydroxylation is 1. The normalized spacial score (nSPS) is 10.5. The Bertz CT molecular complexity index is 471. The molecule has 5 heteroatoms. The highest BCUT2D eigenvalue weighted by atomic mass is 32.1. The molecule has 0 saturated heterocycles. The van der Waals surface area contributed by atoms with Crippen LogP contribution in [0.25, 0.3) is 0 Å². The van der Waals surface area contributed by atoms with E-state index < -0.39 is 0 Å². The van der Waals surface area contributed by atoms with Crippen molar-refractivity contribution in [2.75, 3.05) is 7.05 Å². The highest BCUT2D eigenvalue weighted by Gasteiger charge is 2.06. The predicted molar refractivity (Wildman–Crippen MR) is 68.2 cm³/mol. The van der Waals surface area contributed by atoms with Gasteiger partial charge in [-0.2, -0.15) is 0 Å². The number of hydrogen-bond donors (Lipinski definition) is 1. The zero-order valence-electron chi connectivity index (χ0n) is 9.93. The van der Waals surface area contributed by atoms with E-state index in [4.69, 9.17) is 4.74 Å². The largest absolute Gasteiger partial charge is 0.485 e. The fourth-order valence-electron chi connectivity index (χ4n) is 1.48. The van der Waals surface area contributed by atoms with Gasteiger partial charge in [-0.05, 0) is 26.1 Å². The first-order valence-corrected chi connectivity index (χ1v) is 6.35. The summed E-state index contributed by atoms with van der Waals surface area (Å²) in [5, 5.41) is 5.07. The minimum Gasteiger partial charge on any atom is -0.485 e. The Morgan fingerprint density at radius 3 is 3.00 bits per heavy atom. The highest BCUT2D eigenvalue weighted by molar-refractivity contribution is 7.07. The van der Waals surface area contributed by atoms with Crippen molar-refractivity contribution in [3.63, 3.8) is 0 Å². The second kappa shape index (κ2) is 5.75. The molecule has 2 rings (SSSR count). The Balaban J connectivity index is 2.08. The van der Waals surface area contributed by atoms with Crippen LogP contribution in [0.1, 0.15) is 17.1 Å². The molecular weight excluding hydrogens is 234 g/mol. The van der Waals surface area contributed by atoms with Crippen LogP contribution in [0.15, 0.2) is 23.0 Å². The van der Waals surface area contributed by atoms with Crippen LogP contribution in [-0.2, 0) is 13.2 Å². The third-order valence-corrected chi connectivity index (χ3v) is 2.91. The molecule has 17 heavy (non-hydrogen) atoms. The van der Waals surface area contributed by atoms with Crippen molar-refractivity contribution < 1.29 is 4.74 Å². The molecule has 0 unspecified atom stereocenters. The molecule has 0 aliphatic carbocycles. The second-order valence-electron chi connectivity index (χ2n) is 3.70. The van der Waals surface area contributed by atoms with Crippen LogP contribution >= 0.6 is 11.3 Å². The minimum atomic E-state index is 0.491. The van der Waals surface area contributed by atoms with Gasteiger partial charge >= 0.3 is 0 Å². The molecule has 0 atom stereocenters. The summed E-state index contributed by atoms with van der Waals surface area (Å²) in [6, 6.07) is 3.91. The van der Waals surface area contributed by atoms with Crippen LogP contribution in [0.2, 0.25) is 0 Å². The van der Waals surface area contributed by atoms with Crippen molar-refractivity contribution in [3.05, 3.63) is 40.1 Å². The molecule has 1 N–H and O–H groups in total. The fourth-order valence-corrected chi connectivity index (χ4v) is 2.03. The minimum absolute atomic E-state index is 0.491. The lowest BCUT2D eigenvalue weighted by Gasteiger charge is -2.10. The molecule has 0 spiro atoms. The summed E-state index contributed by atoms with van der Waals surface area (Å²) in [4.78, 5) is 8.64. The Kier molecular flexibility index (Phi) is 4.06. The predicted octanol–water partition coefficient (Wildman–Crippen LogP) is 2.14. The molecule has 0 aliphatic rings. The number of pyridine rings is 1. The van der Waals surface area contributed by atoms with Gasteiger partial charge in [-0.25, -0.2) is 4.98 Å². The van der Waals surface area contributed by atoms with Crippen molar-refractivity contribution in [2.24, 2.45) is 0 Å². The SMILES string of the molecule is CNCc1nc(C)ccc1OCc1cscn1. The van der Waals surface area contributed by atoms with Crippen LogP contribution in [0.4, 0.5) is 0 Å². The van der Waals surface area contributed by atoms with E-state index in [2.05, 4.69) is 15.3 Å². The van der Waals surface area contributed by atoms with Gasteiger partial charge in [0.2, 0.25) is 0 Å². The quantitative estimate of drug-likeness (QED) is 0.882. The van der Waals surface area contributed by atoms with Crippen molar-refractivity contribution in [1.29, 1.82) is 0 Å². The van der Waals surface area contributed by atoms with E-state index >= 15 is 0 Å². The fraction of sp³-hybridized carbons (Fsp3) is 0.333. The molecule has 0 amide bonds. The molecule has 0 bridgehead atoms. The summed E-state index contributed by atoms with van der Waals surface area (Å²) in [6.45, 7) is 3.17. The maximum absolute atomic E-state index is 5.73. The molecule has 0 fully saturated rings. The van der Waals surface area contributed by atoms with Crippen LogP contribution in [0.3, 0.4) is 0 Å². The molecule has 90 valence electrons. The zero-order valence-corrected chi connectivity index (χ0v) is 10.8. The summed E-state index contributed by atoms with van der Waals surface area (Å²) in [5.41, 5.74) is 4.69. The summed E-state index contributed by atoms with van der Waals surface area (Å²) >= 11 is 1.57. The van der Waals surface area contributed by atoms with Gasteiger partial charge in [0, 0.05) is 17.6 Å².